The summed E-state index contributed by atoms with van der Waals surface area (Å²) in [4.78, 5) is 18.9. The number of carbonyl (C=O) groups is 1. The quantitative estimate of drug-likeness (QED) is 0.933. The van der Waals surface area contributed by atoms with E-state index < -0.39 is 0 Å². The zero-order chi connectivity index (χ0) is 13.8. The van der Waals surface area contributed by atoms with E-state index in [2.05, 4.69) is 21.3 Å². The Morgan fingerprint density at radius 1 is 1.33 bits per heavy atom. The molecule has 2 aliphatic rings. The summed E-state index contributed by atoms with van der Waals surface area (Å²) in [6.07, 6.45) is 8.87. The largest absolute Gasteiger partial charge is 0.336 e. The third kappa shape index (κ3) is 3.95. The first-order valence-corrected chi connectivity index (χ1v) is 7.74. The first kappa shape index (κ1) is 16.2. The Labute approximate surface area is 132 Å². The van der Waals surface area contributed by atoms with Gasteiger partial charge in [0.25, 0.3) is 0 Å². The molecule has 3 heterocycles. The van der Waals surface area contributed by atoms with Crippen molar-refractivity contribution in [2.24, 2.45) is 5.92 Å². The fraction of sp³-hybridized carbons (Fsp3) is 0.625. The van der Waals surface area contributed by atoms with Gasteiger partial charge in [0.05, 0.1) is 6.04 Å². The second-order valence-corrected chi connectivity index (χ2v) is 5.93. The Morgan fingerprint density at radius 3 is 2.86 bits per heavy atom. The molecule has 2 fully saturated rings. The fourth-order valence-corrected chi connectivity index (χ4v) is 3.43. The molecule has 2 saturated heterocycles. The predicted octanol–water partition coefficient (Wildman–Crippen LogP) is 2.56. The fourth-order valence-electron chi connectivity index (χ4n) is 3.43. The highest BCUT2D eigenvalue weighted by Crippen LogP contribution is 2.32. The number of aromatic nitrogens is 1. The molecule has 1 N–H and O–H groups in total. The number of halogens is 1. The van der Waals surface area contributed by atoms with Crippen molar-refractivity contribution in [3.63, 3.8) is 0 Å². The number of pyridine rings is 1. The maximum atomic E-state index is 12.6. The Kier molecular flexibility index (Phi) is 6.00. The zero-order valence-corrected chi connectivity index (χ0v) is 13.1. The van der Waals surface area contributed by atoms with Crippen LogP contribution >= 0.6 is 12.4 Å². The lowest BCUT2D eigenvalue weighted by Gasteiger charge is -2.28. The molecule has 3 rings (SSSR count). The van der Waals surface area contributed by atoms with Crippen LogP contribution in [0.25, 0.3) is 0 Å². The van der Waals surface area contributed by atoms with Gasteiger partial charge in [-0.25, -0.2) is 0 Å². The van der Waals surface area contributed by atoms with Crippen LogP contribution in [0.5, 0.6) is 0 Å². The molecule has 0 radical (unpaired) electrons. The molecule has 1 aromatic rings. The van der Waals surface area contributed by atoms with Gasteiger partial charge in [-0.05, 0) is 56.3 Å². The van der Waals surface area contributed by atoms with Crippen molar-refractivity contribution >= 4 is 18.3 Å². The van der Waals surface area contributed by atoms with Gasteiger partial charge in [-0.3, -0.25) is 9.78 Å². The van der Waals surface area contributed by atoms with Crippen LogP contribution in [0, 0.1) is 5.92 Å². The number of nitrogens with zero attached hydrogens (tertiary/aromatic N) is 2. The highest BCUT2D eigenvalue weighted by atomic mass is 35.5. The molecule has 0 saturated carbocycles. The van der Waals surface area contributed by atoms with E-state index in [1.807, 2.05) is 12.3 Å². The number of hydrogen-bond donors (Lipinski definition) is 1. The molecule has 2 aliphatic heterocycles. The normalized spacial score (nSPS) is 22.9. The van der Waals surface area contributed by atoms with Gasteiger partial charge >= 0.3 is 0 Å². The number of carbonyl (C=O) groups excluding carboxylic acids is 1. The Hall–Kier alpha value is -1.13. The van der Waals surface area contributed by atoms with Crippen molar-refractivity contribution in [3.05, 3.63) is 30.1 Å². The summed E-state index contributed by atoms with van der Waals surface area (Å²) in [6.45, 7) is 3.03. The third-order valence-electron chi connectivity index (χ3n) is 4.56. The zero-order valence-electron chi connectivity index (χ0n) is 12.3. The Bertz CT molecular complexity index is 448. The SMILES string of the molecule is Cl.O=C(CC1CCNCC1)N1CCCC1c1cccnc1. The maximum absolute atomic E-state index is 12.6. The minimum atomic E-state index is 0. The van der Waals surface area contributed by atoms with E-state index >= 15 is 0 Å². The standard InChI is InChI=1S/C16H23N3O.ClH/c20-16(11-13-5-8-17-9-6-13)19-10-2-4-15(19)14-3-1-7-18-12-14;/h1,3,7,12-13,15,17H,2,4-6,8-11H2;1H. The lowest BCUT2D eigenvalue weighted by Crippen LogP contribution is -2.35. The number of rotatable bonds is 3. The van der Waals surface area contributed by atoms with Crippen LogP contribution in [0.2, 0.25) is 0 Å². The van der Waals surface area contributed by atoms with Gasteiger partial charge in [0.2, 0.25) is 5.91 Å². The van der Waals surface area contributed by atoms with Crippen LogP contribution in [0.3, 0.4) is 0 Å². The highest BCUT2D eigenvalue weighted by Gasteiger charge is 2.31. The molecule has 5 heteroatoms. The molecule has 21 heavy (non-hydrogen) atoms. The van der Waals surface area contributed by atoms with Gasteiger partial charge < -0.3 is 10.2 Å². The van der Waals surface area contributed by atoms with Crippen molar-refractivity contribution in [2.45, 2.75) is 38.1 Å². The second-order valence-electron chi connectivity index (χ2n) is 5.93. The second kappa shape index (κ2) is 7.76. The summed E-state index contributed by atoms with van der Waals surface area (Å²) >= 11 is 0. The summed E-state index contributed by atoms with van der Waals surface area (Å²) in [5, 5.41) is 3.36. The number of hydrogen-bond acceptors (Lipinski definition) is 3. The smallest absolute Gasteiger partial charge is 0.223 e. The van der Waals surface area contributed by atoms with Crippen molar-refractivity contribution in [2.75, 3.05) is 19.6 Å². The molecule has 116 valence electrons. The molecular formula is C16H24ClN3O. The van der Waals surface area contributed by atoms with E-state index in [0.29, 0.717) is 11.8 Å². The van der Waals surface area contributed by atoms with Crippen LogP contribution < -0.4 is 5.32 Å². The number of piperidine rings is 1. The minimum absolute atomic E-state index is 0. The maximum Gasteiger partial charge on any atom is 0.223 e. The summed E-state index contributed by atoms with van der Waals surface area (Å²) in [6, 6.07) is 4.30. The monoisotopic (exact) mass is 309 g/mol. The lowest BCUT2D eigenvalue weighted by molar-refractivity contribution is -0.133. The summed E-state index contributed by atoms with van der Waals surface area (Å²) in [5.41, 5.74) is 1.18. The van der Waals surface area contributed by atoms with Crippen molar-refractivity contribution in [3.8, 4) is 0 Å². The first-order chi connectivity index (χ1) is 9.84. The topological polar surface area (TPSA) is 45.2 Å². The highest BCUT2D eigenvalue weighted by molar-refractivity contribution is 5.85. The van der Waals surface area contributed by atoms with Crippen molar-refractivity contribution in [1.82, 2.24) is 15.2 Å². The molecule has 0 aliphatic carbocycles. The van der Waals surface area contributed by atoms with E-state index in [9.17, 15) is 4.79 Å². The molecule has 1 atom stereocenters. The van der Waals surface area contributed by atoms with Gasteiger partial charge in [-0.2, -0.15) is 0 Å². The summed E-state index contributed by atoms with van der Waals surface area (Å²) < 4.78 is 0. The van der Waals surface area contributed by atoms with E-state index in [1.54, 1.807) is 6.20 Å². The van der Waals surface area contributed by atoms with Crippen molar-refractivity contribution < 1.29 is 4.79 Å². The van der Waals surface area contributed by atoms with Crippen LogP contribution in [-0.2, 0) is 4.79 Å². The van der Waals surface area contributed by atoms with Crippen LogP contribution in [0.15, 0.2) is 24.5 Å². The van der Waals surface area contributed by atoms with Gasteiger partial charge in [0.1, 0.15) is 0 Å². The van der Waals surface area contributed by atoms with Crippen LogP contribution in [0.1, 0.15) is 43.7 Å². The molecule has 0 aromatic carbocycles. The van der Waals surface area contributed by atoms with Gasteiger partial charge in [0, 0.05) is 25.4 Å². The Morgan fingerprint density at radius 2 is 2.14 bits per heavy atom. The van der Waals surface area contributed by atoms with E-state index in [0.717, 1.165) is 51.7 Å². The molecular weight excluding hydrogens is 286 g/mol. The average Bonchev–Trinajstić information content (AvgIpc) is 2.99. The van der Waals surface area contributed by atoms with Crippen molar-refractivity contribution in [1.29, 1.82) is 0 Å². The van der Waals surface area contributed by atoms with Gasteiger partial charge in [0.15, 0.2) is 0 Å². The minimum Gasteiger partial charge on any atom is -0.336 e. The third-order valence-corrected chi connectivity index (χ3v) is 4.56. The Balaban J connectivity index is 0.00000161. The number of amides is 1. The molecule has 4 nitrogen and oxygen atoms in total. The van der Waals surface area contributed by atoms with Gasteiger partial charge in [-0.1, -0.05) is 6.07 Å². The number of likely N-dealkylation sites (tertiary alicyclic amines) is 1. The molecule has 1 unspecified atom stereocenters. The lowest BCUT2D eigenvalue weighted by atomic mass is 9.94. The summed E-state index contributed by atoms with van der Waals surface area (Å²) in [5.74, 6) is 0.905. The predicted molar refractivity (Wildman–Crippen MR) is 85.4 cm³/mol. The molecule has 0 bridgehead atoms. The van der Waals surface area contributed by atoms with E-state index in [4.69, 9.17) is 0 Å². The molecule has 0 spiro atoms. The van der Waals surface area contributed by atoms with E-state index in [1.165, 1.54) is 5.56 Å². The van der Waals surface area contributed by atoms with Gasteiger partial charge in [-0.15, -0.1) is 12.4 Å². The number of nitrogens with one attached hydrogen (secondary N) is 1. The first-order valence-electron chi connectivity index (χ1n) is 7.74. The van der Waals surface area contributed by atoms with E-state index in [-0.39, 0.29) is 18.4 Å². The molecule has 1 amide bonds. The summed E-state index contributed by atoms with van der Waals surface area (Å²) in [7, 11) is 0. The van der Waals surface area contributed by atoms with Crippen LogP contribution in [0.4, 0.5) is 0 Å². The molecule has 1 aromatic heterocycles. The van der Waals surface area contributed by atoms with Crippen LogP contribution in [-0.4, -0.2) is 35.4 Å². The average molecular weight is 310 g/mol.